The molecule has 3 N–H and O–H groups in total. The number of hydrogen-bond acceptors (Lipinski definition) is 2. The molecule has 1 amide bonds. The fourth-order valence-electron chi connectivity index (χ4n) is 1.95. The molecule has 0 fully saturated rings. The Bertz CT molecular complexity index is 592. The Labute approximate surface area is 120 Å². The first-order valence-electron chi connectivity index (χ1n) is 5.98. The minimum absolute atomic E-state index is 0.0972. The molecule has 0 saturated carbocycles. The van der Waals surface area contributed by atoms with E-state index in [-0.39, 0.29) is 5.91 Å². The van der Waals surface area contributed by atoms with Crippen LogP contribution < -0.4 is 11.1 Å². The number of benzene rings is 1. The third-order valence-corrected chi connectivity index (χ3v) is 3.42. The lowest BCUT2D eigenvalue weighted by molar-refractivity contribution is 0.0942. The molecule has 0 unspecified atom stereocenters. The van der Waals surface area contributed by atoms with Crippen molar-refractivity contribution >= 4 is 21.8 Å². The number of carbonyl (C=O) groups is 1. The first-order valence-corrected chi connectivity index (χ1v) is 6.78. The molecule has 0 bridgehead atoms. The summed E-state index contributed by atoms with van der Waals surface area (Å²) in [5.41, 5.74) is 8.39. The third-order valence-electron chi connectivity index (χ3n) is 2.98. The molecule has 1 aromatic carbocycles. The Balaban J connectivity index is 2.06. The molecule has 19 heavy (non-hydrogen) atoms. The number of hydrogen-bond donors (Lipinski definition) is 2. The van der Waals surface area contributed by atoms with Gasteiger partial charge in [0.1, 0.15) is 5.69 Å². The number of amides is 1. The van der Waals surface area contributed by atoms with E-state index >= 15 is 0 Å². The first-order chi connectivity index (χ1) is 9.11. The van der Waals surface area contributed by atoms with Crippen LogP contribution in [0.4, 0.5) is 0 Å². The summed E-state index contributed by atoms with van der Waals surface area (Å²) in [5, 5.41) is 2.91. The fourth-order valence-corrected chi connectivity index (χ4v) is 2.47. The minimum atomic E-state index is -0.0972. The van der Waals surface area contributed by atoms with Gasteiger partial charge in [0.25, 0.3) is 5.91 Å². The summed E-state index contributed by atoms with van der Waals surface area (Å²) in [4.78, 5) is 12.1. The number of carbonyl (C=O) groups excluding carboxylic acids is 1. The van der Waals surface area contributed by atoms with Crippen LogP contribution in [0.25, 0.3) is 0 Å². The van der Waals surface area contributed by atoms with Gasteiger partial charge >= 0.3 is 0 Å². The predicted molar refractivity (Wildman–Crippen MR) is 78.6 cm³/mol. The van der Waals surface area contributed by atoms with Gasteiger partial charge in [-0.1, -0.05) is 24.3 Å². The maximum Gasteiger partial charge on any atom is 0.268 e. The topological polar surface area (TPSA) is 60.0 Å². The van der Waals surface area contributed by atoms with E-state index in [1.54, 1.807) is 10.6 Å². The first kappa shape index (κ1) is 13.8. The molecule has 4 nitrogen and oxygen atoms in total. The van der Waals surface area contributed by atoms with Crippen LogP contribution in [0, 0.1) is 0 Å². The van der Waals surface area contributed by atoms with Crippen molar-refractivity contribution in [1.29, 1.82) is 0 Å². The van der Waals surface area contributed by atoms with E-state index in [2.05, 4.69) is 21.2 Å². The molecule has 2 aromatic rings. The van der Waals surface area contributed by atoms with Gasteiger partial charge in [-0.25, -0.2) is 0 Å². The average Bonchev–Trinajstić information content (AvgIpc) is 2.75. The van der Waals surface area contributed by atoms with Crippen LogP contribution in [0.1, 0.15) is 21.6 Å². The molecule has 1 heterocycles. The molecule has 1 aromatic heterocycles. The zero-order valence-electron chi connectivity index (χ0n) is 10.7. The summed E-state index contributed by atoms with van der Waals surface area (Å²) in [6.45, 7) is 0.955. The summed E-state index contributed by atoms with van der Waals surface area (Å²) >= 11 is 3.35. The smallest absolute Gasteiger partial charge is 0.268 e. The molecule has 0 radical (unpaired) electrons. The van der Waals surface area contributed by atoms with Gasteiger partial charge in [0, 0.05) is 30.8 Å². The van der Waals surface area contributed by atoms with Gasteiger partial charge < -0.3 is 15.6 Å². The number of aryl methyl sites for hydroxylation is 1. The van der Waals surface area contributed by atoms with Crippen molar-refractivity contribution in [2.24, 2.45) is 12.8 Å². The highest BCUT2D eigenvalue weighted by Gasteiger charge is 2.11. The SMILES string of the molecule is Cn1cc(Br)cc1C(=O)NCc1ccccc1CN. The summed E-state index contributed by atoms with van der Waals surface area (Å²) in [6, 6.07) is 9.63. The normalized spacial score (nSPS) is 10.5. The molecule has 2 rings (SSSR count). The molecule has 0 atom stereocenters. The lowest BCUT2D eigenvalue weighted by atomic mass is 10.1. The molecule has 0 saturated heterocycles. The number of rotatable bonds is 4. The standard InChI is InChI=1S/C14H16BrN3O/c1-18-9-12(15)6-13(18)14(19)17-8-11-5-3-2-4-10(11)7-16/h2-6,9H,7-8,16H2,1H3,(H,17,19). The molecule has 0 aliphatic heterocycles. The summed E-state index contributed by atoms with van der Waals surface area (Å²) in [7, 11) is 1.84. The number of aromatic nitrogens is 1. The van der Waals surface area contributed by atoms with Gasteiger partial charge in [-0.3, -0.25) is 4.79 Å². The number of nitrogens with one attached hydrogen (secondary N) is 1. The van der Waals surface area contributed by atoms with E-state index in [1.165, 1.54) is 0 Å². The molecule has 0 aliphatic rings. The van der Waals surface area contributed by atoms with Gasteiger partial charge in [-0.2, -0.15) is 0 Å². The van der Waals surface area contributed by atoms with Crippen LogP contribution in [-0.4, -0.2) is 10.5 Å². The Morgan fingerprint density at radius 1 is 1.37 bits per heavy atom. The van der Waals surface area contributed by atoms with E-state index in [0.717, 1.165) is 15.6 Å². The van der Waals surface area contributed by atoms with Crippen LogP contribution in [0.2, 0.25) is 0 Å². The Morgan fingerprint density at radius 2 is 2.05 bits per heavy atom. The van der Waals surface area contributed by atoms with Crippen molar-refractivity contribution in [2.75, 3.05) is 0 Å². The fraction of sp³-hybridized carbons (Fsp3) is 0.214. The lowest BCUT2D eigenvalue weighted by Crippen LogP contribution is -2.25. The molecular weight excluding hydrogens is 306 g/mol. The monoisotopic (exact) mass is 321 g/mol. The largest absolute Gasteiger partial charge is 0.347 e. The maximum absolute atomic E-state index is 12.1. The molecule has 5 heteroatoms. The van der Waals surface area contributed by atoms with Crippen LogP contribution in [-0.2, 0) is 20.1 Å². The van der Waals surface area contributed by atoms with Gasteiger partial charge in [-0.15, -0.1) is 0 Å². The summed E-state index contributed by atoms with van der Waals surface area (Å²) in [5.74, 6) is -0.0972. The molecule has 100 valence electrons. The minimum Gasteiger partial charge on any atom is -0.347 e. The third kappa shape index (κ3) is 3.24. The zero-order valence-corrected chi connectivity index (χ0v) is 12.3. The van der Waals surface area contributed by atoms with Crippen LogP contribution in [0.5, 0.6) is 0 Å². The second-order valence-corrected chi connectivity index (χ2v) is 5.23. The molecule has 0 aliphatic carbocycles. The van der Waals surface area contributed by atoms with Crippen molar-refractivity contribution < 1.29 is 4.79 Å². The van der Waals surface area contributed by atoms with Crippen LogP contribution in [0.3, 0.4) is 0 Å². The predicted octanol–water partition coefficient (Wildman–Crippen LogP) is 2.18. The highest BCUT2D eigenvalue weighted by atomic mass is 79.9. The van der Waals surface area contributed by atoms with Crippen molar-refractivity contribution in [3.05, 3.63) is 57.8 Å². The highest BCUT2D eigenvalue weighted by molar-refractivity contribution is 9.10. The Kier molecular flexibility index (Phi) is 4.39. The van der Waals surface area contributed by atoms with Gasteiger partial charge in [-0.05, 0) is 33.1 Å². The lowest BCUT2D eigenvalue weighted by Gasteiger charge is -2.09. The van der Waals surface area contributed by atoms with E-state index in [4.69, 9.17) is 5.73 Å². The van der Waals surface area contributed by atoms with Crippen LogP contribution >= 0.6 is 15.9 Å². The van der Waals surface area contributed by atoms with Gasteiger partial charge in [0.2, 0.25) is 0 Å². The van der Waals surface area contributed by atoms with Gasteiger partial charge in [0.05, 0.1) is 0 Å². The van der Waals surface area contributed by atoms with E-state index in [0.29, 0.717) is 18.8 Å². The highest BCUT2D eigenvalue weighted by Crippen LogP contribution is 2.14. The second kappa shape index (κ2) is 6.04. The summed E-state index contributed by atoms with van der Waals surface area (Å²) in [6.07, 6.45) is 1.85. The van der Waals surface area contributed by atoms with Crippen molar-refractivity contribution in [3.8, 4) is 0 Å². The Morgan fingerprint density at radius 3 is 2.63 bits per heavy atom. The van der Waals surface area contributed by atoms with Crippen LogP contribution in [0.15, 0.2) is 41.0 Å². The van der Waals surface area contributed by atoms with Crippen molar-refractivity contribution in [3.63, 3.8) is 0 Å². The summed E-state index contributed by atoms with van der Waals surface area (Å²) < 4.78 is 2.68. The maximum atomic E-state index is 12.1. The Hall–Kier alpha value is -1.59. The van der Waals surface area contributed by atoms with Crippen molar-refractivity contribution in [1.82, 2.24) is 9.88 Å². The van der Waals surface area contributed by atoms with E-state index < -0.39 is 0 Å². The second-order valence-electron chi connectivity index (χ2n) is 4.31. The zero-order chi connectivity index (χ0) is 13.8. The molecule has 0 spiro atoms. The quantitative estimate of drug-likeness (QED) is 0.906. The van der Waals surface area contributed by atoms with Gasteiger partial charge in [0.15, 0.2) is 0 Å². The van der Waals surface area contributed by atoms with E-state index in [1.807, 2.05) is 37.5 Å². The molecular formula is C14H16BrN3O. The average molecular weight is 322 g/mol. The van der Waals surface area contributed by atoms with E-state index in [9.17, 15) is 4.79 Å². The van der Waals surface area contributed by atoms with Crippen molar-refractivity contribution in [2.45, 2.75) is 13.1 Å². The number of nitrogens with two attached hydrogens (primary N) is 1. The number of halogens is 1. The number of nitrogens with zero attached hydrogens (tertiary/aromatic N) is 1.